The lowest BCUT2D eigenvalue weighted by Gasteiger charge is -2.18. The van der Waals surface area contributed by atoms with Crippen LogP contribution in [0.25, 0.3) is 0 Å². The fourth-order valence-corrected chi connectivity index (χ4v) is 2.31. The van der Waals surface area contributed by atoms with Crippen LogP contribution in [0.2, 0.25) is 0 Å². The SMILES string of the molecule is CC(c1noc([C@@H]2CCCNC2)n1)S(C)(=O)=O. The van der Waals surface area contributed by atoms with E-state index in [9.17, 15) is 8.42 Å². The number of aromatic nitrogens is 2. The molecule has 1 aromatic heterocycles. The van der Waals surface area contributed by atoms with Gasteiger partial charge in [0.15, 0.2) is 15.7 Å². The normalized spacial score (nSPS) is 23.5. The lowest BCUT2D eigenvalue weighted by Crippen LogP contribution is -2.28. The summed E-state index contributed by atoms with van der Waals surface area (Å²) in [5.41, 5.74) is 0. The highest BCUT2D eigenvalue weighted by atomic mass is 32.2. The Balaban J connectivity index is 2.15. The molecule has 7 heteroatoms. The highest BCUT2D eigenvalue weighted by molar-refractivity contribution is 7.90. The first-order chi connectivity index (χ1) is 7.98. The number of piperidine rings is 1. The lowest BCUT2D eigenvalue weighted by atomic mass is 10.00. The molecule has 0 aliphatic carbocycles. The third-order valence-corrected chi connectivity index (χ3v) is 4.60. The molecule has 1 fully saturated rings. The van der Waals surface area contributed by atoms with Crippen LogP contribution in [0.15, 0.2) is 4.52 Å². The van der Waals surface area contributed by atoms with Crippen molar-refractivity contribution in [3.8, 4) is 0 Å². The zero-order valence-electron chi connectivity index (χ0n) is 10.0. The van der Waals surface area contributed by atoms with Crippen molar-refractivity contribution in [3.63, 3.8) is 0 Å². The summed E-state index contributed by atoms with van der Waals surface area (Å²) >= 11 is 0. The van der Waals surface area contributed by atoms with E-state index in [4.69, 9.17) is 4.52 Å². The van der Waals surface area contributed by atoms with Crippen LogP contribution in [-0.2, 0) is 9.84 Å². The van der Waals surface area contributed by atoms with Gasteiger partial charge in [-0.15, -0.1) is 0 Å². The molecule has 1 aromatic rings. The summed E-state index contributed by atoms with van der Waals surface area (Å²) in [6.45, 7) is 3.40. The highest BCUT2D eigenvalue weighted by Gasteiger charge is 2.26. The van der Waals surface area contributed by atoms with Crippen LogP contribution in [-0.4, -0.2) is 37.9 Å². The average Bonchev–Trinajstić information content (AvgIpc) is 2.77. The van der Waals surface area contributed by atoms with E-state index in [-0.39, 0.29) is 11.7 Å². The Morgan fingerprint density at radius 3 is 2.88 bits per heavy atom. The Morgan fingerprint density at radius 1 is 1.53 bits per heavy atom. The molecule has 1 aliphatic heterocycles. The molecule has 6 nitrogen and oxygen atoms in total. The molecule has 0 saturated carbocycles. The number of hydrogen-bond acceptors (Lipinski definition) is 6. The summed E-state index contributed by atoms with van der Waals surface area (Å²) < 4.78 is 27.9. The van der Waals surface area contributed by atoms with E-state index in [0.29, 0.717) is 5.89 Å². The van der Waals surface area contributed by atoms with Gasteiger partial charge in [0, 0.05) is 12.8 Å². The number of nitrogens with one attached hydrogen (secondary N) is 1. The summed E-state index contributed by atoms with van der Waals surface area (Å²) in [7, 11) is -3.17. The minimum Gasteiger partial charge on any atom is -0.339 e. The molecule has 1 unspecified atom stereocenters. The molecule has 2 atom stereocenters. The fraction of sp³-hybridized carbons (Fsp3) is 0.800. The van der Waals surface area contributed by atoms with Crippen molar-refractivity contribution < 1.29 is 12.9 Å². The van der Waals surface area contributed by atoms with Crippen molar-refractivity contribution in [1.29, 1.82) is 0 Å². The van der Waals surface area contributed by atoms with Crippen LogP contribution < -0.4 is 5.32 Å². The van der Waals surface area contributed by atoms with Crippen molar-refractivity contribution in [1.82, 2.24) is 15.5 Å². The van der Waals surface area contributed by atoms with Gasteiger partial charge in [0.1, 0.15) is 5.25 Å². The van der Waals surface area contributed by atoms with Crippen molar-refractivity contribution in [3.05, 3.63) is 11.7 Å². The summed E-state index contributed by atoms with van der Waals surface area (Å²) in [4.78, 5) is 4.20. The van der Waals surface area contributed by atoms with Gasteiger partial charge in [-0.3, -0.25) is 0 Å². The zero-order chi connectivity index (χ0) is 12.5. The minimum atomic E-state index is -3.17. The van der Waals surface area contributed by atoms with Gasteiger partial charge in [-0.25, -0.2) is 8.42 Å². The van der Waals surface area contributed by atoms with Crippen molar-refractivity contribution in [2.75, 3.05) is 19.3 Å². The third-order valence-electron chi connectivity index (χ3n) is 3.11. The van der Waals surface area contributed by atoms with E-state index in [2.05, 4.69) is 15.5 Å². The Hall–Kier alpha value is -0.950. The molecule has 0 aromatic carbocycles. The third kappa shape index (κ3) is 2.84. The highest BCUT2D eigenvalue weighted by Crippen LogP contribution is 2.24. The summed E-state index contributed by atoms with van der Waals surface area (Å²) in [5, 5.41) is 6.31. The molecule has 0 bridgehead atoms. The van der Waals surface area contributed by atoms with E-state index in [1.54, 1.807) is 6.92 Å². The Morgan fingerprint density at radius 2 is 2.29 bits per heavy atom. The van der Waals surface area contributed by atoms with Crippen LogP contribution in [0.3, 0.4) is 0 Å². The van der Waals surface area contributed by atoms with E-state index >= 15 is 0 Å². The van der Waals surface area contributed by atoms with Gasteiger partial charge in [-0.2, -0.15) is 4.98 Å². The summed E-state index contributed by atoms with van der Waals surface area (Å²) in [6, 6.07) is 0. The Bertz CT molecular complexity index is 477. The van der Waals surface area contributed by atoms with E-state index in [1.807, 2.05) is 0 Å². The molecule has 2 rings (SSSR count). The number of rotatable bonds is 3. The maximum absolute atomic E-state index is 11.4. The molecular weight excluding hydrogens is 242 g/mol. The second kappa shape index (κ2) is 4.73. The van der Waals surface area contributed by atoms with Gasteiger partial charge < -0.3 is 9.84 Å². The average molecular weight is 259 g/mol. The predicted molar refractivity (Wildman–Crippen MR) is 62.4 cm³/mol. The van der Waals surface area contributed by atoms with Gasteiger partial charge in [0.05, 0.1) is 5.92 Å². The van der Waals surface area contributed by atoms with Crippen LogP contribution >= 0.6 is 0 Å². The summed E-state index contributed by atoms with van der Waals surface area (Å²) in [6.07, 6.45) is 3.25. The van der Waals surface area contributed by atoms with Gasteiger partial charge in [-0.1, -0.05) is 5.16 Å². The van der Waals surface area contributed by atoms with Crippen molar-refractivity contribution in [2.24, 2.45) is 0 Å². The van der Waals surface area contributed by atoms with Gasteiger partial charge in [0.25, 0.3) is 0 Å². The zero-order valence-corrected chi connectivity index (χ0v) is 10.8. The van der Waals surface area contributed by atoms with Gasteiger partial charge in [0.2, 0.25) is 5.89 Å². The molecular formula is C10H17N3O3S. The van der Waals surface area contributed by atoms with Crippen molar-refractivity contribution >= 4 is 9.84 Å². The Kier molecular flexibility index (Phi) is 3.48. The van der Waals surface area contributed by atoms with Crippen LogP contribution in [0, 0.1) is 0 Å². The molecule has 1 saturated heterocycles. The molecule has 2 heterocycles. The van der Waals surface area contributed by atoms with Gasteiger partial charge >= 0.3 is 0 Å². The molecule has 1 aliphatic rings. The largest absolute Gasteiger partial charge is 0.339 e. The maximum Gasteiger partial charge on any atom is 0.231 e. The van der Waals surface area contributed by atoms with Crippen LogP contribution in [0.1, 0.15) is 42.6 Å². The molecule has 1 N–H and O–H groups in total. The monoisotopic (exact) mass is 259 g/mol. The van der Waals surface area contributed by atoms with Crippen LogP contribution in [0.4, 0.5) is 0 Å². The second-order valence-corrected chi connectivity index (χ2v) is 6.87. The lowest BCUT2D eigenvalue weighted by molar-refractivity contribution is 0.320. The fourth-order valence-electron chi connectivity index (χ4n) is 1.83. The Labute approximate surface area is 101 Å². The second-order valence-electron chi connectivity index (χ2n) is 4.51. The van der Waals surface area contributed by atoms with Crippen LogP contribution in [0.5, 0.6) is 0 Å². The van der Waals surface area contributed by atoms with E-state index in [1.165, 1.54) is 6.26 Å². The molecule has 96 valence electrons. The first-order valence-electron chi connectivity index (χ1n) is 5.71. The molecule has 0 radical (unpaired) electrons. The van der Waals surface area contributed by atoms with E-state index < -0.39 is 15.1 Å². The van der Waals surface area contributed by atoms with Crippen molar-refractivity contribution in [2.45, 2.75) is 30.9 Å². The quantitative estimate of drug-likeness (QED) is 0.857. The van der Waals surface area contributed by atoms with E-state index in [0.717, 1.165) is 25.9 Å². The number of nitrogens with zero attached hydrogens (tertiary/aromatic N) is 2. The minimum absolute atomic E-state index is 0.205. The molecule has 17 heavy (non-hydrogen) atoms. The number of sulfone groups is 1. The standard InChI is InChI=1S/C10H17N3O3S/c1-7(17(2,14)15)9-12-10(16-13-9)8-4-3-5-11-6-8/h7-8,11H,3-6H2,1-2H3/t7?,8-/m1/s1. The molecule has 0 amide bonds. The van der Waals surface area contributed by atoms with Gasteiger partial charge in [-0.05, 0) is 26.3 Å². The number of hydrogen-bond donors (Lipinski definition) is 1. The predicted octanol–water partition coefficient (Wildman–Crippen LogP) is 0.642. The first-order valence-corrected chi connectivity index (χ1v) is 7.67. The summed E-state index contributed by atoms with van der Waals surface area (Å²) in [5.74, 6) is 1.01. The smallest absolute Gasteiger partial charge is 0.231 e. The maximum atomic E-state index is 11.4. The molecule has 0 spiro atoms. The first kappa shape index (κ1) is 12.5. The topological polar surface area (TPSA) is 85.1 Å².